The molecule has 2 N–H and O–H groups in total. The van der Waals surface area contributed by atoms with Gasteiger partial charge in [-0.25, -0.2) is 9.78 Å². The van der Waals surface area contributed by atoms with Crippen molar-refractivity contribution in [1.82, 2.24) is 4.98 Å². The molecule has 3 aromatic carbocycles. The van der Waals surface area contributed by atoms with Crippen LogP contribution in [0.4, 0.5) is 11.4 Å². The number of aromatic nitrogens is 1. The molecule has 0 aliphatic rings. The van der Waals surface area contributed by atoms with Crippen molar-refractivity contribution in [2.75, 3.05) is 5.32 Å². The number of nitrogens with zero attached hydrogens (tertiary/aromatic N) is 1. The minimum absolute atomic E-state index is 0.250. The van der Waals surface area contributed by atoms with Crippen LogP contribution in [0.2, 0.25) is 0 Å². The number of fused-ring (bicyclic) bond motifs is 1. The highest BCUT2D eigenvalue weighted by Gasteiger charge is 2.13. The van der Waals surface area contributed by atoms with Crippen LogP contribution >= 0.6 is 0 Å². The van der Waals surface area contributed by atoms with Gasteiger partial charge in [-0.05, 0) is 36.4 Å². The minimum Gasteiger partial charge on any atom is -0.478 e. The van der Waals surface area contributed by atoms with E-state index < -0.39 is 5.97 Å². The third-order valence-corrected chi connectivity index (χ3v) is 4.17. The molecule has 126 valence electrons. The number of rotatable bonds is 4. The van der Waals surface area contributed by atoms with Crippen molar-refractivity contribution in [3.05, 3.63) is 90.5 Å². The number of pyridine rings is 1. The Morgan fingerprint density at radius 2 is 1.50 bits per heavy atom. The molecule has 0 atom stereocenters. The van der Waals surface area contributed by atoms with Crippen LogP contribution in [0.5, 0.6) is 0 Å². The molecule has 0 unspecified atom stereocenters. The number of nitrogens with one attached hydrogen (secondary N) is 1. The topological polar surface area (TPSA) is 62.2 Å². The molecule has 0 aliphatic carbocycles. The fraction of sp³-hybridized carbons (Fsp3) is 0. The minimum atomic E-state index is -0.960. The van der Waals surface area contributed by atoms with Gasteiger partial charge in [-0.2, -0.15) is 0 Å². The Hall–Kier alpha value is -3.66. The highest BCUT2D eigenvalue weighted by atomic mass is 16.4. The SMILES string of the molecule is O=C(O)c1cc(-c2ccccc2)nc2cc(Nc3ccccc3)ccc12. The van der Waals surface area contributed by atoms with E-state index in [-0.39, 0.29) is 5.56 Å². The van der Waals surface area contributed by atoms with Crippen molar-refractivity contribution in [1.29, 1.82) is 0 Å². The lowest BCUT2D eigenvalue weighted by Gasteiger charge is -2.10. The predicted molar refractivity (Wildman–Crippen MR) is 104 cm³/mol. The third kappa shape index (κ3) is 3.13. The number of carboxylic acid groups (broad SMARTS) is 1. The van der Waals surface area contributed by atoms with E-state index in [1.54, 1.807) is 12.1 Å². The van der Waals surface area contributed by atoms with E-state index in [0.29, 0.717) is 16.6 Å². The smallest absolute Gasteiger partial charge is 0.336 e. The molecule has 0 amide bonds. The number of benzene rings is 3. The number of anilines is 2. The summed E-state index contributed by atoms with van der Waals surface area (Å²) < 4.78 is 0. The quantitative estimate of drug-likeness (QED) is 0.526. The van der Waals surface area contributed by atoms with Crippen LogP contribution in [0, 0.1) is 0 Å². The van der Waals surface area contributed by atoms with Gasteiger partial charge in [0.05, 0.1) is 16.8 Å². The first-order chi connectivity index (χ1) is 12.7. The molecule has 4 nitrogen and oxygen atoms in total. The molecule has 26 heavy (non-hydrogen) atoms. The number of hydrogen-bond acceptors (Lipinski definition) is 3. The molecule has 0 fully saturated rings. The molecule has 1 aromatic heterocycles. The van der Waals surface area contributed by atoms with Crippen LogP contribution in [0.3, 0.4) is 0 Å². The van der Waals surface area contributed by atoms with Crippen molar-refractivity contribution in [3.63, 3.8) is 0 Å². The van der Waals surface area contributed by atoms with Gasteiger partial charge in [0, 0.05) is 22.3 Å². The van der Waals surface area contributed by atoms with Crippen LogP contribution in [-0.2, 0) is 0 Å². The van der Waals surface area contributed by atoms with Crippen LogP contribution in [0.15, 0.2) is 84.9 Å². The van der Waals surface area contributed by atoms with Crippen molar-refractivity contribution in [2.45, 2.75) is 0 Å². The van der Waals surface area contributed by atoms with Gasteiger partial charge in [0.15, 0.2) is 0 Å². The molecule has 4 rings (SSSR count). The molecule has 0 spiro atoms. The van der Waals surface area contributed by atoms with E-state index in [4.69, 9.17) is 0 Å². The highest BCUT2D eigenvalue weighted by molar-refractivity contribution is 6.04. The largest absolute Gasteiger partial charge is 0.478 e. The van der Waals surface area contributed by atoms with Crippen LogP contribution < -0.4 is 5.32 Å². The summed E-state index contributed by atoms with van der Waals surface area (Å²) in [5, 5.41) is 13.6. The normalized spacial score (nSPS) is 10.6. The number of carboxylic acids is 1. The zero-order valence-corrected chi connectivity index (χ0v) is 13.9. The van der Waals surface area contributed by atoms with Crippen LogP contribution in [-0.4, -0.2) is 16.1 Å². The Kier molecular flexibility index (Phi) is 4.07. The number of carbonyl (C=O) groups is 1. The number of para-hydroxylation sites is 1. The molecule has 4 aromatic rings. The lowest BCUT2D eigenvalue weighted by molar-refractivity contribution is 0.0699. The summed E-state index contributed by atoms with van der Waals surface area (Å²) >= 11 is 0. The second kappa shape index (κ2) is 6.69. The fourth-order valence-electron chi connectivity index (χ4n) is 2.93. The molecule has 0 saturated carbocycles. The lowest BCUT2D eigenvalue weighted by atomic mass is 10.0. The van der Waals surface area contributed by atoms with Gasteiger partial charge in [-0.3, -0.25) is 0 Å². The number of aromatic carboxylic acids is 1. The summed E-state index contributed by atoms with van der Waals surface area (Å²) in [6.45, 7) is 0. The molecule has 0 saturated heterocycles. The second-order valence-electron chi connectivity index (χ2n) is 5.95. The second-order valence-corrected chi connectivity index (χ2v) is 5.95. The Labute approximate surface area is 150 Å². The van der Waals surface area contributed by atoms with E-state index in [2.05, 4.69) is 10.3 Å². The van der Waals surface area contributed by atoms with Crippen LogP contribution in [0.25, 0.3) is 22.2 Å². The van der Waals surface area contributed by atoms with Gasteiger partial charge >= 0.3 is 5.97 Å². The maximum Gasteiger partial charge on any atom is 0.336 e. The number of hydrogen-bond donors (Lipinski definition) is 2. The van der Waals surface area contributed by atoms with E-state index >= 15 is 0 Å². The fourth-order valence-corrected chi connectivity index (χ4v) is 2.93. The van der Waals surface area contributed by atoms with Crippen molar-refractivity contribution >= 4 is 28.2 Å². The van der Waals surface area contributed by atoms with Gasteiger partial charge in [0.2, 0.25) is 0 Å². The zero-order chi connectivity index (χ0) is 17.9. The monoisotopic (exact) mass is 340 g/mol. The molecule has 0 radical (unpaired) electrons. The zero-order valence-electron chi connectivity index (χ0n) is 13.9. The summed E-state index contributed by atoms with van der Waals surface area (Å²) in [4.78, 5) is 16.4. The van der Waals surface area contributed by atoms with E-state index in [9.17, 15) is 9.90 Å². The first-order valence-corrected chi connectivity index (χ1v) is 8.26. The van der Waals surface area contributed by atoms with Gasteiger partial charge in [0.1, 0.15) is 0 Å². The predicted octanol–water partition coefficient (Wildman–Crippen LogP) is 5.34. The molecular weight excluding hydrogens is 324 g/mol. The Balaban J connectivity index is 1.84. The molecule has 4 heteroatoms. The van der Waals surface area contributed by atoms with E-state index in [0.717, 1.165) is 16.9 Å². The van der Waals surface area contributed by atoms with Gasteiger partial charge in [-0.1, -0.05) is 48.5 Å². The van der Waals surface area contributed by atoms with Gasteiger partial charge in [-0.15, -0.1) is 0 Å². The third-order valence-electron chi connectivity index (χ3n) is 4.17. The van der Waals surface area contributed by atoms with Gasteiger partial charge < -0.3 is 10.4 Å². The first-order valence-electron chi connectivity index (χ1n) is 8.26. The molecule has 0 bridgehead atoms. The lowest BCUT2D eigenvalue weighted by Crippen LogP contribution is -2.01. The van der Waals surface area contributed by atoms with Crippen molar-refractivity contribution < 1.29 is 9.90 Å². The maximum atomic E-state index is 11.7. The van der Waals surface area contributed by atoms with Crippen LogP contribution in [0.1, 0.15) is 10.4 Å². The average molecular weight is 340 g/mol. The molecule has 0 aliphatic heterocycles. The summed E-state index contributed by atoms with van der Waals surface area (Å²) in [7, 11) is 0. The standard InChI is InChI=1S/C22H16N2O2/c25-22(26)19-14-20(15-7-3-1-4-8-15)24-21-13-17(11-12-18(19)21)23-16-9-5-2-6-10-16/h1-14,23H,(H,25,26). The Morgan fingerprint density at radius 1 is 0.808 bits per heavy atom. The summed E-state index contributed by atoms with van der Waals surface area (Å²) in [5.41, 5.74) is 4.25. The maximum absolute atomic E-state index is 11.7. The van der Waals surface area contributed by atoms with Gasteiger partial charge in [0.25, 0.3) is 0 Å². The van der Waals surface area contributed by atoms with Crippen molar-refractivity contribution in [2.24, 2.45) is 0 Å². The average Bonchev–Trinajstić information content (AvgIpc) is 2.68. The Morgan fingerprint density at radius 3 is 2.19 bits per heavy atom. The summed E-state index contributed by atoms with van der Waals surface area (Å²) in [6, 6.07) is 26.6. The summed E-state index contributed by atoms with van der Waals surface area (Å²) in [6.07, 6.45) is 0. The Bertz CT molecular complexity index is 1080. The first kappa shape index (κ1) is 15.8. The molecule has 1 heterocycles. The van der Waals surface area contributed by atoms with E-state index in [1.807, 2.05) is 72.8 Å². The highest BCUT2D eigenvalue weighted by Crippen LogP contribution is 2.28. The summed E-state index contributed by atoms with van der Waals surface area (Å²) in [5.74, 6) is -0.960. The van der Waals surface area contributed by atoms with E-state index in [1.165, 1.54) is 0 Å². The molecular formula is C22H16N2O2. The van der Waals surface area contributed by atoms with Crippen molar-refractivity contribution in [3.8, 4) is 11.3 Å².